The predicted molar refractivity (Wildman–Crippen MR) is 99.5 cm³/mol. The largest absolute Gasteiger partial charge is 0.573 e. The molecule has 0 saturated carbocycles. The average Bonchev–Trinajstić information content (AvgIpc) is 3.11. The summed E-state index contributed by atoms with van der Waals surface area (Å²) < 4.78 is 45.4. The number of carbonyl (C=O) groups is 1. The number of hydrogen-bond donors (Lipinski definition) is 2. The number of anilines is 3. The molecule has 2 aromatic carbocycles. The highest BCUT2D eigenvalue weighted by molar-refractivity contribution is 7.14. The normalized spacial score (nSPS) is 11.0. The van der Waals surface area contributed by atoms with E-state index in [2.05, 4.69) is 20.4 Å². The summed E-state index contributed by atoms with van der Waals surface area (Å²) in [4.78, 5) is 16.4. The minimum atomic E-state index is -4.74. The first-order valence-corrected chi connectivity index (χ1v) is 8.74. The molecule has 0 saturated heterocycles. The second kappa shape index (κ2) is 8.17. The summed E-state index contributed by atoms with van der Waals surface area (Å²) in [7, 11) is 1.55. The molecule has 0 radical (unpaired) electrons. The molecule has 3 aromatic rings. The van der Waals surface area contributed by atoms with Crippen molar-refractivity contribution in [3.63, 3.8) is 0 Å². The molecule has 2 N–H and O–H groups in total. The van der Waals surface area contributed by atoms with Gasteiger partial charge in [0.05, 0.1) is 7.11 Å². The summed E-state index contributed by atoms with van der Waals surface area (Å²) in [5, 5.41) is 7.63. The Labute approximate surface area is 161 Å². The first-order valence-electron chi connectivity index (χ1n) is 7.86. The number of ether oxygens (including phenoxy) is 2. The number of methoxy groups -OCH3 is 1. The van der Waals surface area contributed by atoms with Gasteiger partial charge in [-0.2, -0.15) is 0 Å². The zero-order valence-electron chi connectivity index (χ0n) is 14.4. The lowest BCUT2D eigenvalue weighted by Gasteiger charge is -2.09. The summed E-state index contributed by atoms with van der Waals surface area (Å²) in [6.07, 6.45) is -4.74. The Kier molecular flexibility index (Phi) is 5.69. The van der Waals surface area contributed by atoms with E-state index in [1.165, 1.54) is 35.6 Å². The Morgan fingerprint density at radius 2 is 1.61 bits per heavy atom. The van der Waals surface area contributed by atoms with Crippen molar-refractivity contribution in [2.45, 2.75) is 6.36 Å². The number of thiazole rings is 1. The number of nitrogens with zero attached hydrogens (tertiary/aromatic N) is 1. The summed E-state index contributed by atoms with van der Waals surface area (Å²) in [5.74, 6) is -0.0371. The molecule has 0 atom stereocenters. The zero-order valence-corrected chi connectivity index (χ0v) is 15.2. The van der Waals surface area contributed by atoms with Gasteiger partial charge in [0.25, 0.3) is 5.91 Å². The Balaban J connectivity index is 1.60. The molecule has 0 spiro atoms. The molecule has 0 aliphatic carbocycles. The zero-order chi connectivity index (χ0) is 20.1. The van der Waals surface area contributed by atoms with Crippen LogP contribution in [-0.2, 0) is 0 Å². The highest BCUT2D eigenvalue weighted by Gasteiger charge is 2.30. The van der Waals surface area contributed by atoms with E-state index >= 15 is 0 Å². The number of carbonyl (C=O) groups excluding carboxylic acids is 1. The van der Waals surface area contributed by atoms with Gasteiger partial charge in [-0.3, -0.25) is 4.79 Å². The number of hydrogen-bond acceptors (Lipinski definition) is 6. The van der Waals surface area contributed by atoms with E-state index in [0.717, 1.165) is 0 Å². The predicted octanol–water partition coefficient (Wildman–Crippen LogP) is 5.05. The maximum absolute atomic E-state index is 12.3. The molecule has 3 rings (SSSR count). The molecule has 6 nitrogen and oxygen atoms in total. The van der Waals surface area contributed by atoms with E-state index in [1.807, 2.05) is 0 Å². The van der Waals surface area contributed by atoms with Crippen LogP contribution >= 0.6 is 11.3 Å². The van der Waals surface area contributed by atoms with E-state index < -0.39 is 6.36 Å². The van der Waals surface area contributed by atoms with Crippen molar-refractivity contribution in [2.75, 3.05) is 17.7 Å². The van der Waals surface area contributed by atoms with E-state index in [0.29, 0.717) is 22.3 Å². The fourth-order valence-electron chi connectivity index (χ4n) is 2.17. The summed E-state index contributed by atoms with van der Waals surface area (Å²) >= 11 is 1.19. The van der Waals surface area contributed by atoms with Gasteiger partial charge in [-0.25, -0.2) is 4.98 Å². The van der Waals surface area contributed by atoms with Crippen molar-refractivity contribution in [1.82, 2.24) is 4.98 Å². The number of halogens is 3. The molecule has 1 amide bonds. The maximum Gasteiger partial charge on any atom is 0.573 e. The summed E-state index contributed by atoms with van der Waals surface area (Å²) in [6.45, 7) is 0. The molecular weight excluding hydrogens is 395 g/mol. The van der Waals surface area contributed by atoms with Gasteiger partial charge in [0.1, 0.15) is 17.2 Å². The second-order valence-corrected chi connectivity index (χ2v) is 6.28. The van der Waals surface area contributed by atoms with E-state index in [-0.39, 0.29) is 17.4 Å². The summed E-state index contributed by atoms with van der Waals surface area (Å²) in [6, 6.07) is 12.0. The molecule has 1 heterocycles. The quantitative estimate of drug-likeness (QED) is 0.596. The van der Waals surface area contributed by atoms with Crippen LogP contribution in [-0.4, -0.2) is 24.4 Å². The minimum Gasteiger partial charge on any atom is -0.497 e. The first kappa shape index (κ1) is 19.5. The monoisotopic (exact) mass is 409 g/mol. The lowest BCUT2D eigenvalue weighted by atomic mass is 10.3. The van der Waals surface area contributed by atoms with E-state index in [9.17, 15) is 18.0 Å². The molecule has 146 valence electrons. The van der Waals surface area contributed by atoms with Gasteiger partial charge in [-0.05, 0) is 48.5 Å². The van der Waals surface area contributed by atoms with E-state index in [1.54, 1.807) is 36.8 Å². The van der Waals surface area contributed by atoms with Gasteiger partial charge < -0.3 is 20.1 Å². The second-order valence-electron chi connectivity index (χ2n) is 5.42. The van der Waals surface area contributed by atoms with Crippen molar-refractivity contribution in [3.05, 3.63) is 59.6 Å². The fraction of sp³-hybridized carbons (Fsp3) is 0.111. The van der Waals surface area contributed by atoms with Crippen LogP contribution in [0.25, 0.3) is 0 Å². The van der Waals surface area contributed by atoms with Crippen LogP contribution in [0.1, 0.15) is 10.5 Å². The molecule has 0 aliphatic rings. The molecule has 1 aromatic heterocycles. The number of aromatic nitrogens is 1. The third-order valence-electron chi connectivity index (χ3n) is 3.42. The number of alkyl halides is 3. The molecule has 10 heteroatoms. The smallest absolute Gasteiger partial charge is 0.497 e. The Hall–Kier alpha value is -3.27. The van der Waals surface area contributed by atoms with Gasteiger partial charge >= 0.3 is 6.36 Å². The van der Waals surface area contributed by atoms with Crippen molar-refractivity contribution in [1.29, 1.82) is 0 Å². The molecular formula is C18H14F3N3O3S. The summed E-state index contributed by atoms with van der Waals surface area (Å²) in [5.41, 5.74) is 1.31. The van der Waals surface area contributed by atoms with Gasteiger partial charge in [-0.1, -0.05) is 0 Å². The molecule has 28 heavy (non-hydrogen) atoms. The lowest BCUT2D eigenvalue weighted by molar-refractivity contribution is -0.274. The highest BCUT2D eigenvalue weighted by Crippen LogP contribution is 2.26. The lowest BCUT2D eigenvalue weighted by Crippen LogP contribution is -2.16. The van der Waals surface area contributed by atoms with Crippen molar-refractivity contribution in [3.8, 4) is 11.5 Å². The standard InChI is InChI=1S/C18H14F3N3O3S/c1-26-13-6-2-11(3-7-13)22-16(25)15-10-28-17(24-15)23-12-4-8-14(9-5-12)27-18(19,20)21/h2-10H,1H3,(H,22,25)(H,23,24). The van der Waals surface area contributed by atoms with Gasteiger partial charge in [0.15, 0.2) is 5.13 Å². The minimum absolute atomic E-state index is 0.209. The Bertz CT molecular complexity index is 941. The first-order chi connectivity index (χ1) is 13.3. The van der Waals surface area contributed by atoms with Crippen LogP contribution in [0.2, 0.25) is 0 Å². The number of benzene rings is 2. The average molecular weight is 409 g/mol. The number of nitrogens with one attached hydrogen (secondary N) is 2. The van der Waals surface area contributed by atoms with Crippen LogP contribution in [0.4, 0.5) is 29.7 Å². The Morgan fingerprint density at radius 1 is 1.00 bits per heavy atom. The Morgan fingerprint density at radius 3 is 2.21 bits per heavy atom. The third-order valence-corrected chi connectivity index (χ3v) is 4.18. The van der Waals surface area contributed by atoms with Gasteiger partial charge in [0.2, 0.25) is 0 Å². The molecule has 0 aliphatic heterocycles. The van der Waals surface area contributed by atoms with Gasteiger partial charge in [0, 0.05) is 16.8 Å². The molecule has 0 unspecified atom stereocenters. The van der Waals surface area contributed by atoms with Crippen LogP contribution in [0.5, 0.6) is 11.5 Å². The number of amides is 1. The van der Waals surface area contributed by atoms with Gasteiger partial charge in [-0.15, -0.1) is 24.5 Å². The molecule has 0 bridgehead atoms. The highest BCUT2D eigenvalue weighted by atomic mass is 32.1. The maximum atomic E-state index is 12.3. The van der Waals surface area contributed by atoms with Crippen molar-refractivity contribution >= 4 is 33.8 Å². The third kappa shape index (κ3) is 5.36. The number of rotatable bonds is 6. The van der Waals surface area contributed by atoms with Crippen molar-refractivity contribution < 1.29 is 27.4 Å². The van der Waals surface area contributed by atoms with Crippen LogP contribution in [0.15, 0.2) is 53.9 Å². The van der Waals surface area contributed by atoms with Crippen molar-refractivity contribution in [2.24, 2.45) is 0 Å². The molecule has 0 fully saturated rings. The fourth-order valence-corrected chi connectivity index (χ4v) is 2.88. The van der Waals surface area contributed by atoms with E-state index in [4.69, 9.17) is 4.74 Å². The topological polar surface area (TPSA) is 72.5 Å². The van der Waals surface area contributed by atoms with Crippen LogP contribution < -0.4 is 20.1 Å². The van der Waals surface area contributed by atoms with Crippen LogP contribution in [0.3, 0.4) is 0 Å². The SMILES string of the molecule is COc1ccc(NC(=O)c2csc(Nc3ccc(OC(F)(F)F)cc3)n2)cc1. The van der Waals surface area contributed by atoms with Crippen LogP contribution in [0, 0.1) is 0 Å².